The molecule has 2 rings (SSSR count). The summed E-state index contributed by atoms with van der Waals surface area (Å²) < 4.78 is 1.09. The summed E-state index contributed by atoms with van der Waals surface area (Å²) in [5.74, 6) is -0.334. The maximum absolute atomic E-state index is 12.1. The molecule has 6 heteroatoms. The van der Waals surface area contributed by atoms with Crippen LogP contribution in [0.5, 0.6) is 0 Å². The molecule has 0 unspecified atom stereocenters. The summed E-state index contributed by atoms with van der Waals surface area (Å²) in [6, 6.07) is 7.84. The molecule has 1 N–H and O–H groups in total. The minimum atomic E-state index is -0.187. The van der Waals surface area contributed by atoms with Crippen LogP contribution in [0.4, 0.5) is 0 Å². The molecule has 1 heterocycles. The lowest BCUT2D eigenvalue weighted by Gasteiger charge is -2.18. The molecule has 0 spiro atoms. The number of benzene rings is 1. The summed E-state index contributed by atoms with van der Waals surface area (Å²) in [6.07, 6.45) is 3.17. The normalized spacial score (nSPS) is 11.0. The van der Waals surface area contributed by atoms with Gasteiger partial charge in [-0.1, -0.05) is 12.1 Å². The van der Waals surface area contributed by atoms with Crippen LogP contribution in [-0.4, -0.2) is 41.3 Å². The van der Waals surface area contributed by atoms with E-state index in [9.17, 15) is 9.59 Å². The zero-order valence-corrected chi connectivity index (χ0v) is 13.5. The molecule has 2 aromatic rings. The number of nitrogens with one attached hydrogen (secondary N) is 1. The van der Waals surface area contributed by atoms with Crippen molar-refractivity contribution in [2.75, 3.05) is 19.6 Å². The average molecular weight is 317 g/mol. The first-order valence-corrected chi connectivity index (χ1v) is 8.05. The van der Waals surface area contributed by atoms with Gasteiger partial charge in [0.25, 0.3) is 0 Å². The Morgan fingerprint density at radius 1 is 1.32 bits per heavy atom. The van der Waals surface area contributed by atoms with Gasteiger partial charge in [-0.05, 0) is 32.1 Å². The summed E-state index contributed by atoms with van der Waals surface area (Å²) in [5, 5.41) is 3.47. The Morgan fingerprint density at radius 3 is 2.77 bits per heavy atom. The molecule has 2 amide bonds. The van der Waals surface area contributed by atoms with Gasteiger partial charge in [0.2, 0.25) is 11.8 Å². The quantitative estimate of drug-likeness (QED) is 0.832. The molecule has 116 valence electrons. The number of carbonyl (C=O) groups is 2. The summed E-state index contributed by atoms with van der Waals surface area (Å²) in [6.45, 7) is 4.82. The second kappa shape index (κ2) is 7.70. The van der Waals surface area contributed by atoms with E-state index in [1.807, 2.05) is 38.1 Å². The van der Waals surface area contributed by atoms with Gasteiger partial charge in [0, 0.05) is 19.2 Å². The van der Waals surface area contributed by atoms with E-state index in [1.165, 1.54) is 22.3 Å². The number of hydrogen-bond donors (Lipinski definition) is 1. The van der Waals surface area contributed by atoms with E-state index in [-0.39, 0.29) is 18.4 Å². The first kappa shape index (κ1) is 16.2. The Bertz CT molecular complexity index is 661. The van der Waals surface area contributed by atoms with Crippen molar-refractivity contribution in [2.24, 2.45) is 0 Å². The molecule has 0 aliphatic heterocycles. The predicted molar refractivity (Wildman–Crippen MR) is 89.6 cm³/mol. The van der Waals surface area contributed by atoms with Crippen LogP contribution in [0.25, 0.3) is 16.3 Å². The highest BCUT2D eigenvalue weighted by atomic mass is 32.1. The highest BCUT2D eigenvalue weighted by Crippen LogP contribution is 2.22. The number of hydrogen-bond acceptors (Lipinski definition) is 4. The van der Waals surface area contributed by atoms with Crippen molar-refractivity contribution >= 4 is 39.4 Å². The fourth-order valence-corrected chi connectivity index (χ4v) is 2.85. The van der Waals surface area contributed by atoms with Crippen molar-refractivity contribution in [3.8, 4) is 0 Å². The van der Waals surface area contributed by atoms with Gasteiger partial charge in [-0.25, -0.2) is 4.98 Å². The van der Waals surface area contributed by atoms with Crippen molar-refractivity contribution in [1.29, 1.82) is 0 Å². The van der Waals surface area contributed by atoms with Crippen molar-refractivity contribution < 1.29 is 9.59 Å². The Balaban J connectivity index is 2.03. The van der Waals surface area contributed by atoms with E-state index in [1.54, 1.807) is 6.08 Å². The van der Waals surface area contributed by atoms with E-state index in [0.29, 0.717) is 13.1 Å². The van der Waals surface area contributed by atoms with Gasteiger partial charge in [-0.2, -0.15) is 0 Å². The number of para-hydroxylation sites is 1. The third-order valence-electron chi connectivity index (χ3n) is 3.08. The number of fused-ring (bicyclic) bond motifs is 1. The minimum absolute atomic E-state index is 0.0767. The molecule has 0 radical (unpaired) electrons. The predicted octanol–water partition coefficient (Wildman–Crippen LogP) is 2.29. The molecule has 1 aromatic heterocycles. The molecule has 0 aliphatic rings. The Hall–Kier alpha value is -2.21. The molecular formula is C16H19N3O2S. The van der Waals surface area contributed by atoms with Gasteiger partial charge in [0.15, 0.2) is 0 Å². The third-order valence-corrected chi connectivity index (χ3v) is 4.08. The lowest BCUT2D eigenvalue weighted by molar-refractivity contribution is -0.132. The molecule has 1 aromatic carbocycles. The van der Waals surface area contributed by atoms with Crippen LogP contribution >= 0.6 is 11.3 Å². The van der Waals surface area contributed by atoms with Crippen molar-refractivity contribution in [1.82, 2.24) is 15.2 Å². The second-order valence-corrected chi connectivity index (χ2v) is 5.72. The monoisotopic (exact) mass is 317 g/mol. The van der Waals surface area contributed by atoms with Crippen LogP contribution < -0.4 is 5.32 Å². The maximum atomic E-state index is 12.1. The first-order valence-electron chi connectivity index (χ1n) is 7.23. The Kier molecular flexibility index (Phi) is 5.66. The second-order valence-electron chi connectivity index (χ2n) is 4.66. The zero-order chi connectivity index (χ0) is 15.9. The summed E-state index contributed by atoms with van der Waals surface area (Å²) >= 11 is 1.53. The molecule has 0 fully saturated rings. The Morgan fingerprint density at radius 2 is 2.09 bits per heavy atom. The van der Waals surface area contributed by atoms with E-state index in [2.05, 4.69) is 10.3 Å². The minimum Gasteiger partial charge on any atom is -0.355 e. The van der Waals surface area contributed by atoms with Crippen molar-refractivity contribution in [3.63, 3.8) is 0 Å². The standard InChI is InChI=1S/C16H19N3O2S/c1-3-17-14(20)11-19(4-2)16(21)10-9-15-18-12-7-5-6-8-13(12)22-15/h5-10H,3-4,11H2,1-2H3,(H,17,20). The summed E-state index contributed by atoms with van der Waals surface area (Å²) in [7, 11) is 0. The molecule has 0 atom stereocenters. The number of carbonyl (C=O) groups excluding carboxylic acids is 2. The molecular weight excluding hydrogens is 298 g/mol. The molecule has 22 heavy (non-hydrogen) atoms. The fraction of sp³-hybridized carbons (Fsp3) is 0.312. The first-order chi connectivity index (χ1) is 10.6. The number of likely N-dealkylation sites (N-methyl/N-ethyl adjacent to an activating group) is 2. The zero-order valence-electron chi connectivity index (χ0n) is 12.7. The van der Waals surface area contributed by atoms with Gasteiger partial charge in [-0.3, -0.25) is 9.59 Å². The van der Waals surface area contributed by atoms with Crippen molar-refractivity contribution in [3.05, 3.63) is 35.3 Å². The highest BCUT2D eigenvalue weighted by molar-refractivity contribution is 7.19. The van der Waals surface area contributed by atoms with Gasteiger partial charge >= 0.3 is 0 Å². The van der Waals surface area contributed by atoms with Crippen molar-refractivity contribution in [2.45, 2.75) is 13.8 Å². The summed E-state index contributed by atoms with van der Waals surface area (Å²) in [4.78, 5) is 29.6. The van der Waals surface area contributed by atoms with Gasteiger partial charge in [0.05, 0.1) is 16.8 Å². The summed E-state index contributed by atoms with van der Waals surface area (Å²) in [5.41, 5.74) is 0.925. The molecule has 0 bridgehead atoms. The number of aromatic nitrogens is 1. The highest BCUT2D eigenvalue weighted by Gasteiger charge is 2.12. The average Bonchev–Trinajstić information content (AvgIpc) is 2.93. The van der Waals surface area contributed by atoms with Gasteiger partial charge in [-0.15, -0.1) is 11.3 Å². The topological polar surface area (TPSA) is 62.3 Å². The largest absolute Gasteiger partial charge is 0.355 e. The maximum Gasteiger partial charge on any atom is 0.247 e. The van der Waals surface area contributed by atoms with E-state index in [0.717, 1.165) is 15.2 Å². The third kappa shape index (κ3) is 4.14. The van der Waals surface area contributed by atoms with E-state index in [4.69, 9.17) is 0 Å². The van der Waals surface area contributed by atoms with Gasteiger partial charge in [0.1, 0.15) is 5.01 Å². The Labute approximate surface area is 133 Å². The number of nitrogens with zero attached hydrogens (tertiary/aromatic N) is 2. The number of thiazole rings is 1. The SMILES string of the molecule is CCNC(=O)CN(CC)C(=O)C=Cc1nc2ccccc2s1. The van der Waals surface area contributed by atoms with Crippen LogP contribution in [0.2, 0.25) is 0 Å². The lowest BCUT2D eigenvalue weighted by Crippen LogP contribution is -2.39. The molecule has 5 nitrogen and oxygen atoms in total. The van der Waals surface area contributed by atoms with Crippen LogP contribution in [0.1, 0.15) is 18.9 Å². The van der Waals surface area contributed by atoms with Crippen LogP contribution in [0.3, 0.4) is 0 Å². The smallest absolute Gasteiger partial charge is 0.247 e. The lowest BCUT2D eigenvalue weighted by atomic mass is 10.3. The van der Waals surface area contributed by atoms with E-state index < -0.39 is 0 Å². The number of amides is 2. The number of rotatable bonds is 6. The van der Waals surface area contributed by atoms with E-state index >= 15 is 0 Å². The molecule has 0 aliphatic carbocycles. The molecule has 0 saturated carbocycles. The van der Waals surface area contributed by atoms with Crippen LogP contribution in [0.15, 0.2) is 30.3 Å². The fourth-order valence-electron chi connectivity index (χ4n) is 1.98. The van der Waals surface area contributed by atoms with Crippen LogP contribution in [-0.2, 0) is 9.59 Å². The molecule has 0 saturated heterocycles. The van der Waals surface area contributed by atoms with Gasteiger partial charge < -0.3 is 10.2 Å². The van der Waals surface area contributed by atoms with Crippen LogP contribution in [0, 0.1) is 0 Å².